The van der Waals surface area contributed by atoms with E-state index in [1.54, 1.807) is 41.4 Å². The van der Waals surface area contributed by atoms with E-state index in [1.165, 1.54) is 42.9 Å². The molecule has 5 aromatic carbocycles. The van der Waals surface area contributed by atoms with Crippen molar-refractivity contribution in [1.29, 1.82) is 0 Å². The highest BCUT2D eigenvalue weighted by Crippen LogP contribution is 2.44. The fourth-order valence-corrected chi connectivity index (χ4v) is 14.5. The van der Waals surface area contributed by atoms with E-state index < -0.39 is 69.3 Å². The van der Waals surface area contributed by atoms with E-state index in [1.807, 2.05) is 73.3 Å². The second-order valence-electron chi connectivity index (χ2n) is 21.4. The van der Waals surface area contributed by atoms with Gasteiger partial charge < -0.3 is 50.4 Å². The summed E-state index contributed by atoms with van der Waals surface area (Å²) in [6.07, 6.45) is 5.10. The minimum absolute atomic E-state index is 0.00900. The van der Waals surface area contributed by atoms with Crippen LogP contribution in [-0.2, 0) is 70.8 Å². The zero-order chi connectivity index (χ0) is 61.3. The Morgan fingerprint density at radius 2 is 1.28 bits per heavy atom. The summed E-state index contributed by atoms with van der Waals surface area (Å²) < 4.78 is 52.9. The Balaban J connectivity index is 0.815. The number of aliphatic imine (C=N–C) groups is 1. The Kier molecular flexibility index (Phi) is 19.9. The molecule has 5 N–H and O–H groups in total. The second kappa shape index (κ2) is 27.5. The molecule has 0 aliphatic carbocycles. The van der Waals surface area contributed by atoms with Crippen molar-refractivity contribution in [3.05, 3.63) is 130 Å². The van der Waals surface area contributed by atoms with Crippen LogP contribution in [0, 0.1) is 0 Å². The van der Waals surface area contributed by atoms with Crippen LogP contribution < -0.4 is 55.3 Å². The van der Waals surface area contributed by atoms with Crippen molar-refractivity contribution >= 4 is 102 Å². The third kappa shape index (κ3) is 14.7. The van der Waals surface area contributed by atoms with Crippen LogP contribution in [0.3, 0.4) is 0 Å². The number of fused-ring (bicyclic) bond motifs is 8. The average molecular weight is 1230 g/mol. The summed E-state index contributed by atoms with van der Waals surface area (Å²) in [5, 5.41) is 11.3. The van der Waals surface area contributed by atoms with Crippen LogP contribution >= 0.6 is 21.6 Å². The van der Waals surface area contributed by atoms with E-state index in [9.17, 15) is 42.0 Å². The molecule has 9 rings (SSSR count). The molecule has 0 spiro atoms. The summed E-state index contributed by atoms with van der Waals surface area (Å²) in [6, 6.07) is 27.6. The minimum Gasteiger partial charge on any atom is -0.493 e. The lowest BCUT2D eigenvalue weighted by Crippen LogP contribution is -2.43. The normalized spacial score (nSPS) is 15.9. The van der Waals surface area contributed by atoms with Gasteiger partial charge in [0.15, 0.2) is 28.2 Å². The number of hydrogen-bond donors (Lipinski definition) is 5. The van der Waals surface area contributed by atoms with Crippen molar-refractivity contribution in [2.45, 2.75) is 94.1 Å². The lowest BCUT2D eigenvalue weighted by atomic mass is 9.99. The SMILES string of the molecule is CNC(=O)C(CCSSC(C)(C)CCC(=O)NCC(=O)NCC(=O)NCC(=O)Nc1cc(COc2cc3c(cc2OC)C(=O)N2c4ccccc4C[C@H]2CC3)cc(COc2cc3c(cc2OC)C(=O)N2c4ccccc4C[C@H]2C=N3)c1)S(=O)(=O)OC. The molecule has 0 aromatic heterocycles. The molecule has 86 heavy (non-hydrogen) atoms. The first kappa shape index (κ1) is 62.4. The molecule has 0 fully saturated rings. The van der Waals surface area contributed by atoms with Gasteiger partial charge in [-0.05, 0) is 122 Å². The first-order valence-corrected chi connectivity index (χ1v) is 31.7. The van der Waals surface area contributed by atoms with Gasteiger partial charge in [0.1, 0.15) is 13.2 Å². The van der Waals surface area contributed by atoms with Gasteiger partial charge in [-0.15, -0.1) is 0 Å². The predicted octanol–water partition coefficient (Wildman–Crippen LogP) is 6.38. The van der Waals surface area contributed by atoms with Gasteiger partial charge in [0, 0.05) is 71.3 Å². The molecule has 5 aromatic rings. The molecule has 7 amide bonds. The van der Waals surface area contributed by atoms with Gasteiger partial charge in [0.25, 0.3) is 21.9 Å². The van der Waals surface area contributed by atoms with Gasteiger partial charge >= 0.3 is 0 Å². The smallest absolute Gasteiger partial charge is 0.279 e. The Morgan fingerprint density at radius 3 is 1.92 bits per heavy atom. The number of rotatable bonds is 26. The Bertz CT molecular complexity index is 3600. The predicted molar refractivity (Wildman–Crippen MR) is 328 cm³/mol. The highest BCUT2D eigenvalue weighted by atomic mass is 33.1. The first-order chi connectivity index (χ1) is 41.3. The number of nitrogens with zero attached hydrogens (tertiary/aromatic N) is 3. The molecule has 0 saturated carbocycles. The van der Waals surface area contributed by atoms with Crippen molar-refractivity contribution in [3.63, 3.8) is 0 Å². The Labute approximate surface area is 506 Å². The Hall–Kier alpha value is -8.13. The zero-order valence-corrected chi connectivity index (χ0v) is 50.9. The molecule has 0 saturated heterocycles. The van der Waals surface area contributed by atoms with Crippen LogP contribution in [0.2, 0.25) is 0 Å². The number of para-hydroxylation sites is 2. The molecular formula is C61H68N8O14S3. The van der Waals surface area contributed by atoms with Crippen LogP contribution in [0.1, 0.15) is 88.1 Å². The molecule has 0 bridgehead atoms. The quantitative estimate of drug-likeness (QED) is 0.0228. The van der Waals surface area contributed by atoms with Gasteiger partial charge in [0.05, 0.1) is 58.3 Å². The lowest BCUT2D eigenvalue weighted by molar-refractivity contribution is -0.128. The van der Waals surface area contributed by atoms with Gasteiger partial charge in [-0.3, -0.25) is 47.6 Å². The monoisotopic (exact) mass is 1230 g/mol. The lowest BCUT2D eigenvalue weighted by Gasteiger charge is -2.23. The van der Waals surface area contributed by atoms with Gasteiger partial charge in [-0.2, -0.15) is 8.42 Å². The summed E-state index contributed by atoms with van der Waals surface area (Å²) in [5.41, 5.74) is 7.64. The number of benzene rings is 5. The fourth-order valence-electron chi connectivity index (χ4n) is 10.7. The number of carbonyl (C=O) groups excluding carboxylic acids is 7. The van der Waals surface area contributed by atoms with Crippen LogP contribution in [0.25, 0.3) is 0 Å². The van der Waals surface area contributed by atoms with Gasteiger partial charge in [-0.25, -0.2) is 0 Å². The zero-order valence-electron chi connectivity index (χ0n) is 48.4. The maximum atomic E-state index is 14.2. The van der Waals surface area contributed by atoms with E-state index in [-0.39, 0.29) is 50.0 Å². The number of ether oxygens (including phenoxy) is 4. The molecule has 4 aliphatic heterocycles. The third-order valence-electron chi connectivity index (χ3n) is 15.1. The van der Waals surface area contributed by atoms with Crippen molar-refractivity contribution < 1.29 is 65.1 Å². The van der Waals surface area contributed by atoms with E-state index >= 15 is 0 Å². The highest BCUT2D eigenvalue weighted by Gasteiger charge is 2.39. The largest absolute Gasteiger partial charge is 0.493 e. The maximum Gasteiger partial charge on any atom is 0.279 e. The molecule has 1 unspecified atom stereocenters. The third-order valence-corrected chi connectivity index (χ3v) is 20.1. The van der Waals surface area contributed by atoms with Crippen LogP contribution in [0.5, 0.6) is 23.0 Å². The molecule has 4 aliphatic rings. The molecule has 4 heterocycles. The number of methoxy groups -OCH3 is 2. The highest BCUT2D eigenvalue weighted by molar-refractivity contribution is 8.77. The Morgan fingerprint density at radius 1 is 0.698 bits per heavy atom. The van der Waals surface area contributed by atoms with E-state index in [4.69, 9.17) is 23.9 Å². The van der Waals surface area contributed by atoms with Crippen LogP contribution in [0.4, 0.5) is 22.7 Å². The topological polar surface area (TPSA) is 279 Å². The fraction of sp³-hybridized carbons (Fsp3) is 0.377. The maximum absolute atomic E-state index is 14.2. The molecular weight excluding hydrogens is 1160 g/mol. The van der Waals surface area contributed by atoms with Crippen LogP contribution in [0.15, 0.2) is 96.0 Å². The summed E-state index contributed by atoms with van der Waals surface area (Å²) in [6.45, 7) is 2.43. The average Bonchev–Trinajstić information content (AvgIpc) is 1.79. The number of amides is 7. The second-order valence-corrected chi connectivity index (χ2v) is 26.5. The first-order valence-electron chi connectivity index (χ1n) is 27.9. The number of nitrogens with one attached hydrogen (secondary N) is 5. The molecule has 22 nitrogen and oxygen atoms in total. The molecule has 25 heteroatoms. The summed E-state index contributed by atoms with van der Waals surface area (Å²) in [5.74, 6) is -1.54. The molecule has 0 radical (unpaired) electrons. The van der Waals surface area contributed by atoms with Crippen molar-refractivity contribution in [3.8, 4) is 23.0 Å². The van der Waals surface area contributed by atoms with E-state index in [0.29, 0.717) is 81.6 Å². The van der Waals surface area contributed by atoms with E-state index in [0.717, 1.165) is 48.0 Å². The van der Waals surface area contributed by atoms with Gasteiger partial charge in [-0.1, -0.05) is 58.0 Å². The van der Waals surface area contributed by atoms with Crippen molar-refractivity contribution in [1.82, 2.24) is 21.3 Å². The standard InChI is InChI=1S/C61H68N8O14S3/c1-61(2,85-84-20-18-53(58(74)62-3)86(77,78)81-6)19-17-54(70)64-31-55(71)65-32-56(72)66-33-57(73)67-41-22-36(34-82-51-26-38-15-16-42-24-39-11-7-9-13-47(39)68(42)59(75)44(38)27-49(51)79-4)21-37(23-41)35-83-52-29-46-45(28-50(52)80-5)60(76)69-43(30-63-46)25-40-12-8-10-14-48(40)69/h7-14,21-23,26-30,42-43,53H,15-20,24-25,31-35H2,1-6H3,(H,62,74)(H,64,70)(H,65,71)(H,66,72)(H,67,73)/t42-,43+,53?/m1/s1. The van der Waals surface area contributed by atoms with Crippen molar-refractivity contribution in [2.75, 3.05) is 68.9 Å². The number of anilines is 3. The molecule has 3 atom stereocenters. The summed E-state index contributed by atoms with van der Waals surface area (Å²) in [7, 11) is 4.07. The number of aryl methyl sites for hydroxylation is 1. The minimum atomic E-state index is -4.07. The van der Waals surface area contributed by atoms with E-state index in [2.05, 4.69) is 36.8 Å². The summed E-state index contributed by atoms with van der Waals surface area (Å²) >= 11 is 0. The molecule has 454 valence electrons. The van der Waals surface area contributed by atoms with Gasteiger partial charge in [0.2, 0.25) is 29.5 Å². The number of carbonyl (C=O) groups is 7. The van der Waals surface area contributed by atoms with Crippen LogP contribution in [-0.4, -0.2) is 132 Å². The number of hydrogen-bond acceptors (Lipinski definition) is 17. The summed E-state index contributed by atoms with van der Waals surface area (Å²) in [4.78, 5) is 100. The van der Waals surface area contributed by atoms with Crippen molar-refractivity contribution in [2.24, 2.45) is 4.99 Å².